The molecule has 1 N–H and O–H groups in total. The van der Waals surface area contributed by atoms with Crippen LogP contribution in [0.25, 0.3) is 0 Å². The monoisotopic (exact) mass is 404 g/mol. The molecule has 0 spiro atoms. The minimum absolute atomic E-state index is 0.0658. The van der Waals surface area contributed by atoms with Gasteiger partial charge in [0, 0.05) is 12.6 Å². The molecule has 1 aliphatic carbocycles. The Balaban J connectivity index is 1.64. The van der Waals surface area contributed by atoms with Crippen molar-refractivity contribution in [3.63, 3.8) is 0 Å². The van der Waals surface area contributed by atoms with Gasteiger partial charge in [-0.1, -0.05) is 38.1 Å². The van der Waals surface area contributed by atoms with E-state index in [1.54, 1.807) is 4.90 Å². The molecule has 1 saturated carbocycles. The number of hydrogen-bond acceptors (Lipinski definition) is 3. The van der Waals surface area contributed by atoms with E-state index in [4.69, 9.17) is 0 Å². The Morgan fingerprint density at radius 1 is 1.11 bits per heavy atom. The van der Waals surface area contributed by atoms with Gasteiger partial charge in [0.05, 0.1) is 11.4 Å². The van der Waals surface area contributed by atoms with Gasteiger partial charge in [-0.25, -0.2) is 17.5 Å². The normalized spacial score (nSPS) is 14.3. The van der Waals surface area contributed by atoms with Crippen molar-refractivity contribution in [3.8, 4) is 0 Å². The number of carbonyl (C=O) groups is 1. The Morgan fingerprint density at radius 3 is 2.25 bits per heavy atom. The minimum Gasteiger partial charge on any atom is -0.334 e. The topological polar surface area (TPSA) is 66.5 Å². The number of hydrogen-bond donors (Lipinski definition) is 1. The molecule has 0 radical (unpaired) electrons. The molecule has 0 bridgehead atoms. The lowest BCUT2D eigenvalue weighted by molar-refractivity contribution is -0.131. The zero-order chi connectivity index (χ0) is 20.3. The first-order valence-electron chi connectivity index (χ1n) is 9.40. The van der Waals surface area contributed by atoms with Crippen molar-refractivity contribution < 1.29 is 17.6 Å². The highest BCUT2D eigenvalue weighted by Crippen LogP contribution is 2.28. The maximum absolute atomic E-state index is 13.0. The summed E-state index contributed by atoms with van der Waals surface area (Å²) in [6.07, 6.45) is 1.86. The van der Waals surface area contributed by atoms with E-state index in [1.807, 2.05) is 12.1 Å². The Hall–Kier alpha value is -2.25. The third-order valence-electron chi connectivity index (χ3n) is 4.84. The molecule has 1 amide bonds. The predicted octanol–water partition coefficient (Wildman–Crippen LogP) is 3.42. The molecule has 0 aromatic heterocycles. The highest BCUT2D eigenvalue weighted by atomic mass is 32.2. The maximum atomic E-state index is 13.0. The van der Waals surface area contributed by atoms with E-state index in [0.717, 1.165) is 30.5 Å². The summed E-state index contributed by atoms with van der Waals surface area (Å²) in [7, 11) is -3.86. The summed E-state index contributed by atoms with van der Waals surface area (Å²) >= 11 is 0. The van der Waals surface area contributed by atoms with E-state index < -0.39 is 15.8 Å². The summed E-state index contributed by atoms with van der Waals surface area (Å²) in [6, 6.07) is 12.8. The van der Waals surface area contributed by atoms with E-state index in [-0.39, 0.29) is 23.4 Å². The first kappa shape index (κ1) is 20.5. The quantitative estimate of drug-likeness (QED) is 0.733. The van der Waals surface area contributed by atoms with Crippen molar-refractivity contribution >= 4 is 15.9 Å². The lowest BCUT2D eigenvalue weighted by Crippen LogP contribution is -2.41. The van der Waals surface area contributed by atoms with Crippen LogP contribution in [0.3, 0.4) is 0 Å². The van der Waals surface area contributed by atoms with E-state index in [1.165, 1.54) is 17.7 Å². The molecule has 0 saturated heterocycles. The maximum Gasteiger partial charge on any atom is 0.241 e. The van der Waals surface area contributed by atoms with Crippen LogP contribution < -0.4 is 4.72 Å². The predicted molar refractivity (Wildman–Crippen MR) is 106 cm³/mol. The number of sulfonamides is 1. The molecule has 28 heavy (non-hydrogen) atoms. The first-order valence-corrected chi connectivity index (χ1v) is 10.9. The summed E-state index contributed by atoms with van der Waals surface area (Å²) in [5.74, 6) is -0.337. The Morgan fingerprint density at radius 2 is 1.71 bits per heavy atom. The second-order valence-corrected chi connectivity index (χ2v) is 9.19. The number of rotatable bonds is 8. The molecular formula is C21H25FN2O3S. The smallest absolute Gasteiger partial charge is 0.241 e. The molecule has 150 valence electrons. The Bertz CT molecular complexity index is 921. The molecular weight excluding hydrogens is 379 g/mol. The Kier molecular flexibility index (Phi) is 6.15. The lowest BCUT2D eigenvalue weighted by Gasteiger charge is -2.23. The zero-order valence-corrected chi connectivity index (χ0v) is 16.9. The molecule has 0 atom stereocenters. The van der Waals surface area contributed by atoms with Crippen LogP contribution in [-0.2, 0) is 21.4 Å². The van der Waals surface area contributed by atoms with Crippen LogP contribution >= 0.6 is 0 Å². The zero-order valence-electron chi connectivity index (χ0n) is 16.1. The van der Waals surface area contributed by atoms with Crippen LogP contribution in [0.2, 0.25) is 0 Å². The molecule has 3 rings (SSSR count). The first-order chi connectivity index (χ1) is 13.3. The number of benzene rings is 2. The van der Waals surface area contributed by atoms with Gasteiger partial charge in [-0.3, -0.25) is 4.79 Å². The molecule has 1 fully saturated rings. The van der Waals surface area contributed by atoms with Crippen molar-refractivity contribution in [3.05, 3.63) is 65.5 Å². The van der Waals surface area contributed by atoms with Gasteiger partial charge in [-0.05, 0) is 54.2 Å². The molecule has 5 nitrogen and oxygen atoms in total. The van der Waals surface area contributed by atoms with Crippen LogP contribution in [0, 0.1) is 5.82 Å². The molecule has 7 heteroatoms. The molecule has 0 heterocycles. The van der Waals surface area contributed by atoms with Gasteiger partial charge in [-0.15, -0.1) is 0 Å². The third-order valence-corrected chi connectivity index (χ3v) is 6.26. The standard InChI is InChI=1S/C21H25FN2O3S/c1-15(2)17-5-3-16(4-6-17)14-24(19-9-10-19)21(25)13-23-28(26,27)20-11-7-18(22)8-12-20/h3-8,11-12,15,19,23H,9-10,13-14H2,1-2H3. The average molecular weight is 405 g/mol. The van der Waals surface area contributed by atoms with Crippen LogP contribution in [0.5, 0.6) is 0 Å². The molecule has 2 aromatic carbocycles. The van der Waals surface area contributed by atoms with Crippen molar-refractivity contribution in [2.45, 2.75) is 50.1 Å². The number of carbonyl (C=O) groups excluding carboxylic acids is 1. The summed E-state index contributed by atoms with van der Waals surface area (Å²) in [5.41, 5.74) is 2.26. The van der Waals surface area contributed by atoms with Crippen LogP contribution in [0.15, 0.2) is 53.4 Å². The molecule has 0 unspecified atom stereocenters. The highest BCUT2D eigenvalue weighted by Gasteiger charge is 2.33. The summed E-state index contributed by atoms with van der Waals surface area (Å²) in [4.78, 5) is 14.3. The van der Waals surface area contributed by atoms with E-state index in [9.17, 15) is 17.6 Å². The van der Waals surface area contributed by atoms with Crippen LogP contribution in [0.1, 0.15) is 43.7 Å². The van der Waals surface area contributed by atoms with Crippen molar-refractivity contribution in [1.82, 2.24) is 9.62 Å². The number of nitrogens with zero attached hydrogens (tertiary/aromatic N) is 1. The number of nitrogens with one attached hydrogen (secondary N) is 1. The van der Waals surface area contributed by atoms with E-state index >= 15 is 0 Å². The molecule has 0 aliphatic heterocycles. The fourth-order valence-electron chi connectivity index (χ4n) is 2.97. The van der Waals surface area contributed by atoms with Gasteiger partial charge in [0.25, 0.3) is 0 Å². The fraction of sp³-hybridized carbons (Fsp3) is 0.381. The third kappa shape index (κ3) is 5.17. The van der Waals surface area contributed by atoms with E-state index in [0.29, 0.717) is 12.5 Å². The van der Waals surface area contributed by atoms with Gasteiger partial charge in [0.2, 0.25) is 15.9 Å². The van der Waals surface area contributed by atoms with Gasteiger partial charge >= 0.3 is 0 Å². The van der Waals surface area contributed by atoms with Crippen molar-refractivity contribution in [2.75, 3.05) is 6.54 Å². The van der Waals surface area contributed by atoms with Crippen molar-refractivity contribution in [2.24, 2.45) is 0 Å². The van der Waals surface area contributed by atoms with Crippen molar-refractivity contribution in [1.29, 1.82) is 0 Å². The van der Waals surface area contributed by atoms with Gasteiger partial charge in [0.1, 0.15) is 5.82 Å². The van der Waals surface area contributed by atoms with Gasteiger partial charge in [0.15, 0.2) is 0 Å². The molecule has 1 aliphatic rings. The largest absolute Gasteiger partial charge is 0.334 e. The summed E-state index contributed by atoms with van der Waals surface area (Å²) in [5, 5.41) is 0. The number of halogens is 1. The highest BCUT2D eigenvalue weighted by molar-refractivity contribution is 7.89. The van der Waals surface area contributed by atoms with Gasteiger partial charge in [-0.2, -0.15) is 0 Å². The fourth-order valence-corrected chi connectivity index (χ4v) is 3.94. The minimum atomic E-state index is -3.86. The number of amides is 1. The van der Waals surface area contributed by atoms with Crippen LogP contribution in [-0.4, -0.2) is 31.8 Å². The van der Waals surface area contributed by atoms with Gasteiger partial charge < -0.3 is 4.90 Å². The summed E-state index contributed by atoms with van der Waals surface area (Å²) in [6.45, 7) is 4.39. The van der Waals surface area contributed by atoms with Crippen LogP contribution in [0.4, 0.5) is 4.39 Å². The van der Waals surface area contributed by atoms with E-state index in [2.05, 4.69) is 30.7 Å². The lowest BCUT2D eigenvalue weighted by atomic mass is 10.0. The second-order valence-electron chi connectivity index (χ2n) is 7.43. The second kappa shape index (κ2) is 8.41. The summed E-state index contributed by atoms with van der Waals surface area (Å²) < 4.78 is 39.9. The Labute approximate surface area is 165 Å². The SMILES string of the molecule is CC(C)c1ccc(CN(C(=O)CNS(=O)(=O)c2ccc(F)cc2)C2CC2)cc1. The average Bonchev–Trinajstić information content (AvgIpc) is 3.50. The molecule has 2 aromatic rings.